The smallest absolute Gasteiger partial charge is 0.222 e. The summed E-state index contributed by atoms with van der Waals surface area (Å²) in [5.74, 6) is 0.324. The molecule has 0 aliphatic carbocycles. The summed E-state index contributed by atoms with van der Waals surface area (Å²) in [7, 11) is 0. The third kappa shape index (κ3) is 5.00. The summed E-state index contributed by atoms with van der Waals surface area (Å²) in [5, 5.41) is 0. The Morgan fingerprint density at radius 2 is 2.23 bits per heavy atom. The Morgan fingerprint density at radius 3 is 2.91 bits per heavy atom. The molecule has 1 aliphatic rings. The zero-order valence-electron chi connectivity index (χ0n) is 14.2. The lowest BCUT2D eigenvalue weighted by molar-refractivity contribution is -0.137. The number of aromatic nitrogens is 2. The molecule has 0 aromatic carbocycles. The van der Waals surface area contributed by atoms with E-state index >= 15 is 0 Å². The van der Waals surface area contributed by atoms with E-state index < -0.39 is 0 Å². The molecule has 1 aromatic rings. The average molecular weight is 303 g/mol. The number of aryl methyl sites for hydroxylation is 1. The molecule has 0 spiro atoms. The summed E-state index contributed by atoms with van der Waals surface area (Å²) in [6.45, 7) is 9.32. The van der Waals surface area contributed by atoms with Crippen LogP contribution in [0.5, 0.6) is 0 Å². The number of rotatable bonds is 7. The van der Waals surface area contributed by atoms with E-state index in [4.69, 9.17) is 0 Å². The van der Waals surface area contributed by atoms with Crippen LogP contribution in [0.3, 0.4) is 0 Å². The number of likely N-dealkylation sites (tertiary alicyclic amines) is 1. The lowest BCUT2D eigenvalue weighted by atomic mass is 9.77. The molecule has 0 bridgehead atoms. The highest BCUT2D eigenvalue weighted by Crippen LogP contribution is 2.34. The number of imidazole rings is 1. The van der Waals surface area contributed by atoms with Gasteiger partial charge in [0, 0.05) is 38.4 Å². The Kier molecular flexibility index (Phi) is 5.81. The van der Waals surface area contributed by atoms with Gasteiger partial charge < -0.3 is 9.47 Å². The van der Waals surface area contributed by atoms with E-state index in [1.54, 1.807) is 6.20 Å². The third-order valence-corrected chi connectivity index (χ3v) is 4.57. The Hall–Kier alpha value is -1.58. The molecule has 1 fully saturated rings. The molecule has 1 amide bonds. The van der Waals surface area contributed by atoms with Gasteiger partial charge in [0.1, 0.15) is 0 Å². The largest absolute Gasteiger partial charge is 0.342 e. The van der Waals surface area contributed by atoms with E-state index in [0.29, 0.717) is 12.3 Å². The van der Waals surface area contributed by atoms with Crippen molar-refractivity contribution in [2.24, 2.45) is 5.41 Å². The predicted molar refractivity (Wildman–Crippen MR) is 89.4 cm³/mol. The van der Waals surface area contributed by atoms with Crippen molar-refractivity contribution in [3.8, 4) is 0 Å². The van der Waals surface area contributed by atoms with E-state index in [9.17, 15) is 4.79 Å². The molecule has 1 saturated heterocycles. The molecule has 0 saturated carbocycles. The maximum Gasteiger partial charge on any atom is 0.222 e. The average Bonchev–Trinajstić information content (AvgIpc) is 2.96. The van der Waals surface area contributed by atoms with Crippen LogP contribution in [-0.2, 0) is 11.3 Å². The molecule has 0 unspecified atom stereocenters. The summed E-state index contributed by atoms with van der Waals surface area (Å²) >= 11 is 0. The molecular formula is C18H29N3O. The number of piperidine rings is 1. The van der Waals surface area contributed by atoms with Gasteiger partial charge in [-0.3, -0.25) is 4.79 Å². The first-order chi connectivity index (χ1) is 10.5. The van der Waals surface area contributed by atoms with Gasteiger partial charge in [-0.15, -0.1) is 0 Å². The van der Waals surface area contributed by atoms with E-state index in [-0.39, 0.29) is 5.41 Å². The van der Waals surface area contributed by atoms with Gasteiger partial charge in [-0.25, -0.2) is 4.98 Å². The molecule has 0 radical (unpaired) electrons. The number of carbonyl (C=O) groups is 1. The molecule has 2 heterocycles. The van der Waals surface area contributed by atoms with Gasteiger partial charge in [-0.05, 0) is 44.9 Å². The number of amides is 1. The minimum absolute atomic E-state index is 0.273. The summed E-state index contributed by atoms with van der Waals surface area (Å²) in [6, 6.07) is 0. The van der Waals surface area contributed by atoms with Crippen LogP contribution >= 0.6 is 0 Å². The van der Waals surface area contributed by atoms with Crippen LogP contribution in [0.15, 0.2) is 30.4 Å². The molecule has 4 heteroatoms. The highest BCUT2D eigenvalue weighted by molar-refractivity contribution is 5.77. The zero-order chi connectivity index (χ0) is 16.0. The summed E-state index contributed by atoms with van der Waals surface area (Å²) in [6.07, 6.45) is 12.9. The van der Waals surface area contributed by atoms with Gasteiger partial charge in [0.2, 0.25) is 5.91 Å². The van der Waals surface area contributed by atoms with E-state index in [0.717, 1.165) is 38.9 Å². The van der Waals surface area contributed by atoms with Crippen molar-refractivity contribution < 1.29 is 4.79 Å². The van der Waals surface area contributed by atoms with Crippen LogP contribution in [0.25, 0.3) is 0 Å². The molecule has 1 aliphatic heterocycles. The number of nitrogens with zero attached hydrogens (tertiary/aromatic N) is 3. The second-order valence-corrected chi connectivity index (χ2v) is 7.10. The molecule has 22 heavy (non-hydrogen) atoms. The Bertz CT molecular complexity index is 502. The Balaban J connectivity index is 1.81. The van der Waals surface area contributed by atoms with E-state index in [1.165, 1.54) is 12.0 Å². The SMILES string of the molecule is CC(C)=CCC[C@@]1(C)CCC(=O)N(CCCn2ccnc2)C1. The minimum Gasteiger partial charge on any atom is -0.342 e. The number of hydrogen-bond acceptors (Lipinski definition) is 2. The van der Waals surface area contributed by atoms with Gasteiger partial charge in [0.15, 0.2) is 0 Å². The lowest BCUT2D eigenvalue weighted by Crippen LogP contribution is -2.45. The van der Waals surface area contributed by atoms with Gasteiger partial charge in [-0.2, -0.15) is 0 Å². The normalized spacial score (nSPS) is 22.0. The summed E-state index contributed by atoms with van der Waals surface area (Å²) in [5.41, 5.74) is 1.65. The standard InChI is InChI=1S/C18H29N3O/c1-16(2)6-4-8-18(3)9-7-17(22)21(14-18)12-5-11-20-13-10-19-15-20/h6,10,13,15H,4-5,7-9,11-12,14H2,1-3H3/t18-/m0/s1. The highest BCUT2D eigenvalue weighted by atomic mass is 16.2. The predicted octanol–water partition coefficient (Wildman–Crippen LogP) is 3.65. The van der Waals surface area contributed by atoms with Crippen LogP contribution in [0.1, 0.15) is 52.9 Å². The summed E-state index contributed by atoms with van der Waals surface area (Å²) in [4.78, 5) is 18.3. The van der Waals surface area contributed by atoms with Crippen LogP contribution in [-0.4, -0.2) is 33.4 Å². The monoisotopic (exact) mass is 303 g/mol. The minimum atomic E-state index is 0.273. The van der Waals surface area contributed by atoms with Crippen molar-refractivity contribution in [3.63, 3.8) is 0 Å². The highest BCUT2D eigenvalue weighted by Gasteiger charge is 2.33. The molecule has 2 rings (SSSR count). The first-order valence-electron chi connectivity index (χ1n) is 8.35. The fourth-order valence-corrected chi connectivity index (χ4v) is 3.18. The second kappa shape index (κ2) is 7.61. The maximum atomic E-state index is 12.2. The molecule has 4 nitrogen and oxygen atoms in total. The molecule has 1 atom stereocenters. The molecule has 122 valence electrons. The van der Waals surface area contributed by atoms with Gasteiger partial charge in [0.05, 0.1) is 6.33 Å². The second-order valence-electron chi connectivity index (χ2n) is 7.10. The van der Waals surface area contributed by atoms with E-state index in [2.05, 4.69) is 41.3 Å². The van der Waals surface area contributed by atoms with Crippen molar-refractivity contribution in [1.82, 2.24) is 14.5 Å². The first-order valence-corrected chi connectivity index (χ1v) is 8.35. The van der Waals surface area contributed by atoms with Crippen molar-refractivity contribution in [1.29, 1.82) is 0 Å². The van der Waals surface area contributed by atoms with Crippen LogP contribution in [0.2, 0.25) is 0 Å². The first kappa shape index (κ1) is 16.8. The maximum absolute atomic E-state index is 12.2. The Labute approximate surface area is 134 Å². The van der Waals surface area contributed by atoms with Crippen molar-refractivity contribution in [3.05, 3.63) is 30.4 Å². The van der Waals surface area contributed by atoms with Gasteiger partial charge in [0.25, 0.3) is 0 Å². The molecule has 1 aromatic heterocycles. The quantitative estimate of drug-likeness (QED) is 0.721. The molecular weight excluding hydrogens is 274 g/mol. The number of hydrogen-bond donors (Lipinski definition) is 0. The Morgan fingerprint density at radius 1 is 1.41 bits per heavy atom. The molecule has 0 N–H and O–H groups in total. The van der Waals surface area contributed by atoms with Crippen molar-refractivity contribution >= 4 is 5.91 Å². The van der Waals surface area contributed by atoms with Crippen LogP contribution < -0.4 is 0 Å². The topological polar surface area (TPSA) is 38.1 Å². The number of allylic oxidation sites excluding steroid dienone is 2. The fraction of sp³-hybridized carbons (Fsp3) is 0.667. The van der Waals surface area contributed by atoms with Gasteiger partial charge in [-0.1, -0.05) is 18.6 Å². The summed E-state index contributed by atoms with van der Waals surface area (Å²) < 4.78 is 2.07. The fourth-order valence-electron chi connectivity index (χ4n) is 3.18. The number of carbonyl (C=O) groups excluding carboxylic acids is 1. The van der Waals surface area contributed by atoms with Gasteiger partial charge >= 0.3 is 0 Å². The van der Waals surface area contributed by atoms with Crippen molar-refractivity contribution in [2.45, 2.75) is 59.4 Å². The van der Waals surface area contributed by atoms with Crippen LogP contribution in [0, 0.1) is 5.41 Å². The van der Waals surface area contributed by atoms with E-state index in [1.807, 2.05) is 12.5 Å². The van der Waals surface area contributed by atoms with Crippen molar-refractivity contribution in [2.75, 3.05) is 13.1 Å². The lowest BCUT2D eigenvalue weighted by Gasteiger charge is -2.40. The third-order valence-electron chi connectivity index (χ3n) is 4.57. The zero-order valence-corrected chi connectivity index (χ0v) is 14.2. The van der Waals surface area contributed by atoms with Crippen LogP contribution in [0.4, 0.5) is 0 Å².